The van der Waals surface area contributed by atoms with Crippen molar-refractivity contribution >= 4 is 23.2 Å². The minimum atomic E-state index is 0.0132. The number of hydrogen-bond acceptors (Lipinski definition) is 5. The highest BCUT2D eigenvalue weighted by molar-refractivity contribution is 6.32. The van der Waals surface area contributed by atoms with E-state index in [4.69, 9.17) is 16.3 Å². The number of halogens is 1. The third-order valence-corrected chi connectivity index (χ3v) is 5.03. The van der Waals surface area contributed by atoms with Gasteiger partial charge in [0.15, 0.2) is 5.82 Å². The van der Waals surface area contributed by atoms with E-state index in [1.807, 2.05) is 6.07 Å². The quantitative estimate of drug-likeness (QED) is 0.885. The highest BCUT2D eigenvalue weighted by Crippen LogP contribution is 2.40. The summed E-state index contributed by atoms with van der Waals surface area (Å²) in [6.45, 7) is 1.48. The predicted octanol–water partition coefficient (Wildman–Crippen LogP) is 2.95. The van der Waals surface area contributed by atoms with Crippen molar-refractivity contribution < 1.29 is 9.53 Å². The third-order valence-electron chi connectivity index (χ3n) is 4.71. The Balaban J connectivity index is 1.49. The molecular weight excluding hydrogens is 342 g/mol. The van der Waals surface area contributed by atoms with Gasteiger partial charge in [-0.25, -0.2) is 0 Å². The van der Waals surface area contributed by atoms with Crippen LogP contribution < -0.4 is 5.32 Å². The van der Waals surface area contributed by atoms with E-state index in [1.54, 1.807) is 16.8 Å². The summed E-state index contributed by atoms with van der Waals surface area (Å²) < 4.78 is 7.01. The van der Waals surface area contributed by atoms with Crippen molar-refractivity contribution in [1.29, 1.82) is 0 Å². The van der Waals surface area contributed by atoms with Crippen molar-refractivity contribution in [3.63, 3.8) is 0 Å². The van der Waals surface area contributed by atoms with Gasteiger partial charge >= 0.3 is 0 Å². The molecule has 7 nitrogen and oxygen atoms in total. The number of nitrogens with one attached hydrogen (secondary N) is 1. The molecule has 0 spiro atoms. The van der Waals surface area contributed by atoms with Crippen LogP contribution in [0.2, 0.25) is 5.02 Å². The number of hydrogen-bond donors (Lipinski definition) is 1. The maximum Gasteiger partial charge on any atom is 0.224 e. The molecule has 1 aromatic carbocycles. The van der Waals surface area contributed by atoms with Gasteiger partial charge in [-0.2, -0.15) is 4.68 Å². The minimum Gasteiger partial charge on any atom is -0.381 e. The van der Waals surface area contributed by atoms with Gasteiger partial charge in [-0.3, -0.25) is 4.79 Å². The van der Waals surface area contributed by atoms with Gasteiger partial charge in [-0.15, -0.1) is 5.10 Å². The van der Waals surface area contributed by atoms with Crippen LogP contribution in [-0.2, 0) is 9.53 Å². The molecule has 0 radical (unpaired) electrons. The number of rotatable bonds is 5. The van der Waals surface area contributed by atoms with E-state index in [0.29, 0.717) is 34.7 Å². The van der Waals surface area contributed by atoms with Crippen LogP contribution >= 0.6 is 11.6 Å². The van der Waals surface area contributed by atoms with E-state index in [0.717, 1.165) is 44.7 Å². The van der Waals surface area contributed by atoms with Gasteiger partial charge in [-0.1, -0.05) is 11.6 Å². The Morgan fingerprint density at radius 3 is 2.84 bits per heavy atom. The van der Waals surface area contributed by atoms with E-state index in [1.165, 1.54) is 0 Å². The van der Waals surface area contributed by atoms with Gasteiger partial charge in [0.2, 0.25) is 5.91 Å². The van der Waals surface area contributed by atoms with Gasteiger partial charge in [0.1, 0.15) is 0 Å². The molecule has 0 unspecified atom stereocenters. The van der Waals surface area contributed by atoms with Crippen molar-refractivity contribution in [3.05, 3.63) is 29.0 Å². The first-order valence-electron chi connectivity index (χ1n) is 8.66. The molecule has 1 saturated heterocycles. The van der Waals surface area contributed by atoms with Crippen molar-refractivity contribution in [2.24, 2.45) is 5.92 Å². The Hall–Kier alpha value is -1.99. The Morgan fingerprint density at radius 2 is 2.08 bits per heavy atom. The van der Waals surface area contributed by atoms with Crippen molar-refractivity contribution in [2.45, 2.75) is 38.0 Å². The van der Waals surface area contributed by atoms with Gasteiger partial charge in [0.25, 0.3) is 0 Å². The fourth-order valence-corrected chi connectivity index (χ4v) is 3.34. The number of nitrogens with zero attached hydrogens (tertiary/aromatic N) is 4. The average molecular weight is 362 g/mol. The van der Waals surface area contributed by atoms with Gasteiger partial charge in [0.05, 0.1) is 10.7 Å². The maximum atomic E-state index is 12.3. The summed E-state index contributed by atoms with van der Waals surface area (Å²) in [5.74, 6) is 1.63. The molecule has 2 aromatic rings. The number of carbonyl (C=O) groups excluding carboxylic acids is 1. The van der Waals surface area contributed by atoms with E-state index in [-0.39, 0.29) is 5.91 Å². The number of aromatic nitrogens is 4. The van der Waals surface area contributed by atoms with E-state index < -0.39 is 0 Å². The highest BCUT2D eigenvalue weighted by atomic mass is 35.5. The second-order valence-electron chi connectivity index (χ2n) is 6.70. The number of ether oxygens (including phenoxy) is 1. The van der Waals surface area contributed by atoms with Crippen LogP contribution in [0.3, 0.4) is 0 Å². The topological polar surface area (TPSA) is 81.9 Å². The first kappa shape index (κ1) is 16.5. The molecule has 2 heterocycles. The van der Waals surface area contributed by atoms with E-state index in [2.05, 4.69) is 20.8 Å². The molecule has 1 aromatic heterocycles. The summed E-state index contributed by atoms with van der Waals surface area (Å²) in [4.78, 5) is 12.3. The Labute approximate surface area is 150 Å². The number of anilines is 1. The van der Waals surface area contributed by atoms with Crippen LogP contribution in [0, 0.1) is 5.92 Å². The minimum absolute atomic E-state index is 0.0132. The largest absolute Gasteiger partial charge is 0.381 e. The summed E-state index contributed by atoms with van der Waals surface area (Å²) in [6.07, 6.45) is 4.59. The number of carbonyl (C=O) groups is 1. The molecule has 132 valence electrons. The fraction of sp³-hybridized carbons (Fsp3) is 0.529. The van der Waals surface area contributed by atoms with Crippen LogP contribution in [0.4, 0.5) is 5.69 Å². The first-order chi connectivity index (χ1) is 12.2. The van der Waals surface area contributed by atoms with Gasteiger partial charge in [0, 0.05) is 31.2 Å². The summed E-state index contributed by atoms with van der Waals surface area (Å²) in [5.41, 5.74) is 1.39. The molecule has 25 heavy (non-hydrogen) atoms. The predicted molar refractivity (Wildman–Crippen MR) is 92.9 cm³/mol. The molecule has 1 amide bonds. The molecule has 4 rings (SSSR count). The second kappa shape index (κ2) is 7.09. The molecule has 1 aliphatic carbocycles. The third kappa shape index (κ3) is 3.82. The van der Waals surface area contributed by atoms with Crippen LogP contribution in [0.15, 0.2) is 18.2 Å². The monoisotopic (exact) mass is 361 g/mol. The van der Waals surface area contributed by atoms with Crippen LogP contribution in [0.25, 0.3) is 5.69 Å². The molecule has 2 aliphatic rings. The van der Waals surface area contributed by atoms with E-state index in [9.17, 15) is 4.79 Å². The summed E-state index contributed by atoms with van der Waals surface area (Å²) in [7, 11) is 0. The molecule has 1 aliphatic heterocycles. The molecule has 2 fully saturated rings. The molecule has 1 saturated carbocycles. The number of amides is 1. The Bertz CT molecular complexity index is 768. The molecular formula is C17H20ClN5O2. The van der Waals surface area contributed by atoms with Crippen molar-refractivity contribution in [3.8, 4) is 5.69 Å². The lowest BCUT2D eigenvalue weighted by molar-refractivity contribution is -0.117. The van der Waals surface area contributed by atoms with Crippen molar-refractivity contribution in [2.75, 3.05) is 18.5 Å². The van der Waals surface area contributed by atoms with Crippen molar-refractivity contribution in [1.82, 2.24) is 20.2 Å². The summed E-state index contributed by atoms with van der Waals surface area (Å²) in [5, 5.41) is 15.5. The zero-order valence-corrected chi connectivity index (χ0v) is 14.6. The standard InChI is InChI=1S/C17H20ClN5O2/c18-14-4-3-13(19-16(24)9-11-5-7-25-8-6-11)10-15(14)23-17(12-1-2-12)20-21-22-23/h3-4,10-12H,1-2,5-9H2,(H,19,24). The van der Waals surface area contributed by atoms with E-state index >= 15 is 0 Å². The van der Waals surface area contributed by atoms with Gasteiger partial charge < -0.3 is 10.1 Å². The highest BCUT2D eigenvalue weighted by Gasteiger charge is 2.30. The van der Waals surface area contributed by atoms with Crippen LogP contribution in [-0.4, -0.2) is 39.3 Å². The van der Waals surface area contributed by atoms with Gasteiger partial charge in [-0.05, 0) is 60.2 Å². The SMILES string of the molecule is O=C(CC1CCOCC1)Nc1ccc(Cl)c(-n2nnnc2C2CC2)c1. The lowest BCUT2D eigenvalue weighted by Gasteiger charge is -2.21. The lowest BCUT2D eigenvalue weighted by atomic mass is 9.96. The molecule has 8 heteroatoms. The average Bonchev–Trinajstić information content (AvgIpc) is 3.34. The summed E-state index contributed by atoms with van der Waals surface area (Å²) in [6, 6.07) is 5.39. The number of benzene rings is 1. The molecule has 0 atom stereocenters. The smallest absolute Gasteiger partial charge is 0.224 e. The Kier molecular flexibility index (Phi) is 4.67. The molecule has 0 bridgehead atoms. The number of tetrazole rings is 1. The lowest BCUT2D eigenvalue weighted by Crippen LogP contribution is -2.22. The maximum absolute atomic E-state index is 12.3. The zero-order chi connectivity index (χ0) is 17.2. The van der Waals surface area contributed by atoms with Crippen LogP contribution in [0.1, 0.15) is 43.8 Å². The summed E-state index contributed by atoms with van der Waals surface area (Å²) >= 11 is 6.33. The van der Waals surface area contributed by atoms with Crippen LogP contribution in [0.5, 0.6) is 0 Å². The first-order valence-corrected chi connectivity index (χ1v) is 9.04. The Morgan fingerprint density at radius 1 is 1.28 bits per heavy atom. The second-order valence-corrected chi connectivity index (χ2v) is 7.10. The normalized spacial score (nSPS) is 18.3. The molecule has 1 N–H and O–H groups in total. The zero-order valence-electron chi connectivity index (χ0n) is 13.8. The fourth-order valence-electron chi connectivity index (χ4n) is 3.14.